The van der Waals surface area contributed by atoms with Crippen LogP contribution in [0, 0.1) is 13.0 Å². The fourth-order valence-corrected chi connectivity index (χ4v) is 0.752. The molecule has 0 aliphatic rings. The fraction of sp³-hybridized carbons (Fsp3) is 0.333. The van der Waals surface area contributed by atoms with Crippen LogP contribution < -0.4 is 4.74 Å². The molecule has 0 atom stereocenters. The van der Waals surface area contributed by atoms with Crippen molar-refractivity contribution in [3.05, 3.63) is 29.8 Å². The molecule has 2 heteroatoms. The predicted octanol–water partition coefficient (Wildman–Crippen LogP) is 2.19. The minimum absolute atomic E-state index is 0. The molecule has 0 saturated carbocycles. The van der Waals surface area contributed by atoms with E-state index < -0.39 is 0 Å². The van der Waals surface area contributed by atoms with Crippen LogP contribution in [0.3, 0.4) is 0 Å². The second kappa shape index (κ2) is 5.73. The SMILES string of the molecule is [3H]c1cc[c-]c(C)c1OCC.[Y]. The third-order valence-corrected chi connectivity index (χ3v) is 1.23. The van der Waals surface area contributed by atoms with Gasteiger partial charge in [-0.15, -0.1) is 11.6 Å². The van der Waals surface area contributed by atoms with Crippen molar-refractivity contribution >= 4 is 0 Å². The molecule has 1 aromatic rings. The van der Waals surface area contributed by atoms with Gasteiger partial charge in [-0.3, -0.25) is 0 Å². The predicted molar refractivity (Wildman–Crippen MR) is 41.2 cm³/mol. The molecule has 0 unspecified atom stereocenters. The fourth-order valence-electron chi connectivity index (χ4n) is 0.752. The molecule has 0 aliphatic carbocycles. The zero-order valence-corrected chi connectivity index (χ0v) is 9.69. The summed E-state index contributed by atoms with van der Waals surface area (Å²) in [5.41, 5.74) is 0.902. The van der Waals surface area contributed by atoms with Crippen LogP contribution in [0.5, 0.6) is 5.75 Å². The Morgan fingerprint density at radius 1 is 1.73 bits per heavy atom. The molecule has 0 bridgehead atoms. The molecule has 11 heavy (non-hydrogen) atoms. The number of hydrogen-bond acceptors (Lipinski definition) is 1. The summed E-state index contributed by atoms with van der Waals surface area (Å²) < 4.78 is 12.7. The standard InChI is InChI=1S/C9H11O.Y/c1-3-10-9-7-5-4-6-8(9)2;/h4-5,7H,3H2,1-2H3;/q-1;/i7T;. The Morgan fingerprint density at radius 2 is 2.45 bits per heavy atom. The number of aryl methyl sites for hydroxylation is 1. The van der Waals surface area contributed by atoms with Gasteiger partial charge in [-0.05, 0) is 6.92 Å². The summed E-state index contributed by atoms with van der Waals surface area (Å²) in [4.78, 5) is 0. The Morgan fingerprint density at radius 3 is 3.00 bits per heavy atom. The molecule has 1 rings (SSSR count). The molecule has 0 N–H and O–H groups in total. The first-order valence-corrected chi connectivity index (χ1v) is 3.36. The van der Waals surface area contributed by atoms with Crippen LogP contribution in [0.1, 0.15) is 13.9 Å². The first-order chi connectivity index (χ1) is 5.25. The molecule has 57 valence electrons. The van der Waals surface area contributed by atoms with Crippen molar-refractivity contribution in [3.63, 3.8) is 0 Å². The van der Waals surface area contributed by atoms with E-state index in [0.717, 1.165) is 5.56 Å². The maximum atomic E-state index is 7.47. The van der Waals surface area contributed by atoms with Gasteiger partial charge in [-0.25, -0.2) is 0 Å². The van der Waals surface area contributed by atoms with Crippen LogP contribution in [0.2, 0.25) is 0 Å². The monoisotopic (exact) mass is 226 g/mol. The number of benzene rings is 1. The zero-order valence-electron chi connectivity index (χ0n) is 7.85. The minimum Gasteiger partial charge on any atom is -0.551 e. The molecule has 0 fully saturated rings. The Kier molecular flexibility index (Phi) is 4.80. The summed E-state index contributed by atoms with van der Waals surface area (Å²) in [5, 5.41) is 0. The quantitative estimate of drug-likeness (QED) is 0.702. The van der Waals surface area contributed by atoms with Gasteiger partial charge in [0, 0.05) is 39.8 Å². The summed E-state index contributed by atoms with van der Waals surface area (Å²) >= 11 is 0. The minimum atomic E-state index is 0. The van der Waals surface area contributed by atoms with Gasteiger partial charge >= 0.3 is 0 Å². The Hall–Kier alpha value is 0.124. The van der Waals surface area contributed by atoms with Crippen molar-refractivity contribution in [3.8, 4) is 5.75 Å². The van der Waals surface area contributed by atoms with Gasteiger partial charge in [0.1, 0.15) is 0 Å². The number of ether oxygens (including phenoxy) is 1. The van der Waals surface area contributed by atoms with Crippen LogP contribution >= 0.6 is 0 Å². The number of hydrogen-bond donors (Lipinski definition) is 0. The van der Waals surface area contributed by atoms with Crippen molar-refractivity contribution in [2.45, 2.75) is 13.8 Å². The van der Waals surface area contributed by atoms with Crippen molar-refractivity contribution in [1.82, 2.24) is 0 Å². The van der Waals surface area contributed by atoms with Gasteiger partial charge in [0.05, 0.1) is 6.61 Å². The third-order valence-electron chi connectivity index (χ3n) is 1.23. The second-order valence-corrected chi connectivity index (χ2v) is 2.01. The van der Waals surface area contributed by atoms with Crippen molar-refractivity contribution in [2.75, 3.05) is 6.61 Å². The average Bonchev–Trinajstić information content (AvgIpc) is 1.97. The topological polar surface area (TPSA) is 9.23 Å². The van der Waals surface area contributed by atoms with Crippen LogP contribution in [-0.2, 0) is 32.7 Å². The van der Waals surface area contributed by atoms with E-state index >= 15 is 0 Å². The summed E-state index contributed by atoms with van der Waals surface area (Å²) in [5.74, 6) is 0.648. The van der Waals surface area contributed by atoms with E-state index in [9.17, 15) is 0 Å². The van der Waals surface area contributed by atoms with Gasteiger partial charge < -0.3 is 4.74 Å². The summed E-state index contributed by atoms with van der Waals surface area (Å²) in [6.07, 6.45) is 0. The van der Waals surface area contributed by atoms with Gasteiger partial charge in [0.25, 0.3) is 0 Å². The molecular weight excluding hydrogens is 213 g/mol. The van der Waals surface area contributed by atoms with Crippen molar-refractivity contribution in [1.29, 1.82) is 0 Å². The first kappa shape index (κ1) is 9.21. The molecule has 0 amide bonds. The average molecular weight is 226 g/mol. The molecular formula is C9H11OY-. The maximum absolute atomic E-state index is 7.47. The van der Waals surface area contributed by atoms with Crippen LogP contribution in [0.15, 0.2) is 18.2 Å². The molecule has 1 radical (unpaired) electrons. The summed E-state index contributed by atoms with van der Waals surface area (Å²) in [6.45, 7) is 4.40. The van der Waals surface area contributed by atoms with Gasteiger partial charge in [-0.2, -0.15) is 18.2 Å². The number of rotatable bonds is 2. The van der Waals surface area contributed by atoms with Gasteiger partial charge in [-0.1, -0.05) is 6.92 Å². The molecule has 0 saturated heterocycles. The van der Waals surface area contributed by atoms with E-state index in [1.54, 1.807) is 12.1 Å². The van der Waals surface area contributed by atoms with Crippen LogP contribution in [0.25, 0.3) is 0 Å². The van der Waals surface area contributed by atoms with E-state index in [4.69, 9.17) is 6.11 Å². The Labute approximate surface area is 94.4 Å². The molecule has 0 heterocycles. The van der Waals surface area contributed by atoms with Crippen LogP contribution in [0.4, 0.5) is 0 Å². The summed E-state index contributed by atoms with van der Waals surface area (Å²) in [6, 6.07) is 6.83. The van der Waals surface area contributed by atoms with Crippen molar-refractivity contribution < 1.29 is 38.8 Å². The Balaban J connectivity index is 0.00000121. The largest absolute Gasteiger partial charge is 0.551 e. The molecule has 1 aromatic carbocycles. The van der Waals surface area contributed by atoms with Crippen LogP contribution in [-0.4, -0.2) is 6.61 Å². The first-order valence-electron chi connectivity index (χ1n) is 3.86. The van der Waals surface area contributed by atoms with E-state index in [2.05, 4.69) is 6.07 Å². The maximum Gasteiger partial charge on any atom is 0.0686 e. The van der Waals surface area contributed by atoms with Crippen molar-refractivity contribution in [2.24, 2.45) is 0 Å². The van der Waals surface area contributed by atoms with Gasteiger partial charge in [0.15, 0.2) is 0 Å². The molecule has 0 aliphatic heterocycles. The molecule has 0 aromatic heterocycles. The normalized spacial score (nSPS) is 9.82. The van der Waals surface area contributed by atoms with E-state index in [1.165, 1.54) is 0 Å². The smallest absolute Gasteiger partial charge is 0.0686 e. The van der Waals surface area contributed by atoms with Gasteiger partial charge in [0.2, 0.25) is 0 Å². The Bertz CT molecular complexity index is 230. The van der Waals surface area contributed by atoms with E-state index in [-0.39, 0.29) is 32.7 Å². The second-order valence-electron chi connectivity index (χ2n) is 2.01. The van der Waals surface area contributed by atoms with E-state index in [0.29, 0.717) is 18.4 Å². The summed E-state index contributed by atoms with van der Waals surface area (Å²) in [7, 11) is 0. The van der Waals surface area contributed by atoms with E-state index in [1.807, 2.05) is 13.8 Å². The third kappa shape index (κ3) is 3.35. The molecule has 0 spiro atoms. The molecule has 1 nitrogen and oxygen atoms in total. The zero-order chi connectivity index (χ0) is 8.27.